The topological polar surface area (TPSA) is 67.4 Å². The Hall–Kier alpha value is -2.04. The highest BCUT2D eigenvalue weighted by Crippen LogP contribution is 2.17. The number of rotatable bonds is 19. The van der Waals surface area contributed by atoms with Crippen LogP contribution >= 0.6 is 0 Å². The van der Waals surface area contributed by atoms with Crippen molar-refractivity contribution in [2.24, 2.45) is 0 Å². The zero-order valence-corrected chi connectivity index (χ0v) is 19.1. The van der Waals surface area contributed by atoms with Crippen LogP contribution in [0.25, 0.3) is 0 Å². The fourth-order valence-corrected chi connectivity index (χ4v) is 3.69. The molecule has 0 heterocycles. The maximum absolute atomic E-state index is 11.8. The van der Waals surface area contributed by atoms with E-state index in [0.29, 0.717) is 12.0 Å². The van der Waals surface area contributed by atoms with E-state index < -0.39 is 5.97 Å². The summed E-state index contributed by atoms with van der Waals surface area (Å²) in [5.41, 5.74) is 4.20. The number of nitrogens with one attached hydrogen (secondary N) is 2. The molecule has 0 aromatic heterocycles. The van der Waals surface area contributed by atoms with Crippen LogP contribution in [0.5, 0.6) is 0 Å². The van der Waals surface area contributed by atoms with Crippen molar-refractivity contribution < 1.29 is 14.4 Å². The predicted octanol–water partition coefficient (Wildman–Crippen LogP) is 6.71. The number of anilines is 1. The third-order valence-corrected chi connectivity index (χ3v) is 5.51. The van der Waals surface area contributed by atoms with Crippen LogP contribution in [-0.4, -0.2) is 18.9 Å². The summed E-state index contributed by atoms with van der Waals surface area (Å²) in [6.45, 7) is 5.07. The molecule has 0 saturated heterocycles. The van der Waals surface area contributed by atoms with E-state index in [9.17, 15) is 9.59 Å². The number of carbonyl (C=O) groups is 2. The molecule has 30 heavy (non-hydrogen) atoms. The molecule has 0 saturated carbocycles. The number of aryl methyl sites for hydroxylation is 1. The minimum absolute atomic E-state index is 0.333. The first-order chi connectivity index (χ1) is 14.7. The van der Waals surface area contributed by atoms with Crippen LogP contribution in [0.2, 0.25) is 0 Å². The number of hydrogen-bond acceptors (Lipinski definition) is 4. The largest absolute Gasteiger partial charge is 0.385 e. The molecule has 0 spiro atoms. The van der Waals surface area contributed by atoms with Crippen LogP contribution in [0.1, 0.15) is 113 Å². The van der Waals surface area contributed by atoms with E-state index in [2.05, 4.69) is 17.1 Å². The minimum atomic E-state index is -0.557. The standard InChI is InChI=1S/C25H42N2O3/c1-3-4-5-6-7-8-9-10-11-12-13-14-15-16-19-26-23-17-18-24(22(2)20-23)25(29)30-27-21-28/h17-18,20-21,26H,3-16,19H2,1-2H3,(H,27,28). The van der Waals surface area contributed by atoms with E-state index in [1.54, 1.807) is 6.07 Å². The van der Waals surface area contributed by atoms with Gasteiger partial charge in [0.05, 0.1) is 5.56 Å². The van der Waals surface area contributed by atoms with Crippen molar-refractivity contribution in [2.75, 3.05) is 11.9 Å². The average molecular weight is 419 g/mol. The molecule has 0 fully saturated rings. The summed E-state index contributed by atoms with van der Waals surface area (Å²) in [4.78, 5) is 26.6. The summed E-state index contributed by atoms with van der Waals surface area (Å²) in [5.74, 6) is -0.557. The van der Waals surface area contributed by atoms with Gasteiger partial charge in [0.25, 0.3) is 0 Å². The number of unbranched alkanes of at least 4 members (excludes halogenated alkanes) is 13. The first-order valence-corrected chi connectivity index (χ1v) is 11.9. The lowest BCUT2D eigenvalue weighted by atomic mass is 10.0. The lowest BCUT2D eigenvalue weighted by molar-refractivity contribution is -0.117. The Balaban J connectivity index is 1.98. The molecule has 2 N–H and O–H groups in total. The van der Waals surface area contributed by atoms with Crippen molar-refractivity contribution in [2.45, 2.75) is 104 Å². The van der Waals surface area contributed by atoms with Gasteiger partial charge in [-0.3, -0.25) is 4.79 Å². The van der Waals surface area contributed by atoms with Crippen LogP contribution in [0.3, 0.4) is 0 Å². The maximum atomic E-state index is 11.8. The van der Waals surface area contributed by atoms with Crippen molar-refractivity contribution in [1.29, 1.82) is 0 Å². The molecular formula is C25H42N2O3. The molecule has 0 aliphatic heterocycles. The molecule has 5 nitrogen and oxygen atoms in total. The van der Waals surface area contributed by atoms with Crippen LogP contribution in [-0.2, 0) is 9.63 Å². The van der Waals surface area contributed by atoms with Crippen LogP contribution in [0.15, 0.2) is 18.2 Å². The number of amides is 1. The zero-order valence-electron chi connectivity index (χ0n) is 19.1. The van der Waals surface area contributed by atoms with Crippen LogP contribution in [0, 0.1) is 6.92 Å². The van der Waals surface area contributed by atoms with E-state index in [1.807, 2.05) is 24.5 Å². The smallest absolute Gasteiger partial charge is 0.363 e. The van der Waals surface area contributed by atoms with Gasteiger partial charge in [0, 0.05) is 12.2 Å². The first-order valence-electron chi connectivity index (χ1n) is 11.9. The van der Waals surface area contributed by atoms with Crippen molar-refractivity contribution in [3.63, 3.8) is 0 Å². The SMILES string of the molecule is CCCCCCCCCCCCCCCCNc1ccc(C(=O)ONC=O)c(C)c1. The Morgan fingerprint density at radius 3 is 1.90 bits per heavy atom. The molecule has 0 aliphatic carbocycles. The van der Waals surface area contributed by atoms with Crippen LogP contribution in [0.4, 0.5) is 5.69 Å². The second-order valence-electron chi connectivity index (χ2n) is 8.18. The lowest BCUT2D eigenvalue weighted by Crippen LogP contribution is -2.18. The third-order valence-electron chi connectivity index (χ3n) is 5.51. The van der Waals surface area contributed by atoms with Gasteiger partial charge in [0.1, 0.15) is 0 Å². The van der Waals surface area contributed by atoms with Gasteiger partial charge in [-0.25, -0.2) is 4.79 Å². The van der Waals surface area contributed by atoms with E-state index in [4.69, 9.17) is 0 Å². The fraction of sp³-hybridized carbons (Fsp3) is 0.680. The molecule has 0 aliphatic rings. The van der Waals surface area contributed by atoms with Crippen LogP contribution < -0.4 is 10.8 Å². The zero-order chi connectivity index (χ0) is 21.9. The Morgan fingerprint density at radius 1 is 0.867 bits per heavy atom. The Morgan fingerprint density at radius 2 is 1.40 bits per heavy atom. The molecule has 0 atom stereocenters. The van der Waals surface area contributed by atoms with Gasteiger partial charge < -0.3 is 10.2 Å². The summed E-state index contributed by atoms with van der Waals surface area (Å²) in [6, 6.07) is 5.52. The Bertz CT molecular complexity index is 590. The molecule has 1 amide bonds. The number of benzene rings is 1. The minimum Gasteiger partial charge on any atom is -0.385 e. The van der Waals surface area contributed by atoms with E-state index in [-0.39, 0.29) is 0 Å². The number of hydrogen-bond donors (Lipinski definition) is 2. The fourth-order valence-electron chi connectivity index (χ4n) is 3.69. The monoisotopic (exact) mass is 418 g/mol. The highest BCUT2D eigenvalue weighted by atomic mass is 16.7. The molecule has 0 radical (unpaired) electrons. The van der Waals surface area contributed by atoms with E-state index >= 15 is 0 Å². The second kappa shape index (κ2) is 17.8. The predicted molar refractivity (Wildman–Crippen MR) is 125 cm³/mol. The van der Waals surface area contributed by atoms with Gasteiger partial charge in [-0.1, -0.05) is 90.4 Å². The summed E-state index contributed by atoms with van der Waals surface area (Å²) in [7, 11) is 0. The van der Waals surface area contributed by atoms with Gasteiger partial charge in [0.15, 0.2) is 0 Å². The molecule has 170 valence electrons. The number of carbonyl (C=O) groups excluding carboxylic acids is 2. The highest BCUT2D eigenvalue weighted by Gasteiger charge is 2.11. The molecule has 1 rings (SSSR count). The Labute approximate surface area is 183 Å². The normalized spacial score (nSPS) is 10.6. The summed E-state index contributed by atoms with van der Waals surface area (Å²) in [6.07, 6.45) is 19.4. The molecular weight excluding hydrogens is 376 g/mol. The average Bonchev–Trinajstić information content (AvgIpc) is 2.74. The number of hydroxylamine groups is 1. The van der Waals surface area contributed by atoms with Gasteiger partial charge in [0.2, 0.25) is 6.41 Å². The molecule has 5 heteroatoms. The van der Waals surface area contributed by atoms with Crippen molar-refractivity contribution in [3.05, 3.63) is 29.3 Å². The quantitative estimate of drug-likeness (QED) is 0.149. The van der Waals surface area contributed by atoms with Gasteiger partial charge in [-0.15, -0.1) is 0 Å². The summed E-state index contributed by atoms with van der Waals surface area (Å²) < 4.78 is 0. The van der Waals surface area contributed by atoms with E-state index in [0.717, 1.165) is 24.2 Å². The highest BCUT2D eigenvalue weighted by molar-refractivity contribution is 5.91. The summed E-state index contributed by atoms with van der Waals surface area (Å²) in [5, 5.41) is 3.41. The second-order valence-corrected chi connectivity index (χ2v) is 8.18. The van der Waals surface area contributed by atoms with Gasteiger partial charge >= 0.3 is 5.97 Å². The third kappa shape index (κ3) is 12.5. The van der Waals surface area contributed by atoms with Crippen molar-refractivity contribution in [3.8, 4) is 0 Å². The first kappa shape index (κ1) is 26.0. The summed E-state index contributed by atoms with van der Waals surface area (Å²) >= 11 is 0. The molecule has 1 aromatic carbocycles. The Kier molecular flexibility index (Phi) is 15.4. The molecule has 0 unspecified atom stereocenters. The van der Waals surface area contributed by atoms with E-state index in [1.165, 1.54) is 83.5 Å². The lowest BCUT2D eigenvalue weighted by Gasteiger charge is -2.10. The van der Waals surface area contributed by atoms with Gasteiger partial charge in [-0.05, 0) is 37.1 Å². The maximum Gasteiger partial charge on any atom is 0.363 e. The molecule has 1 aromatic rings. The van der Waals surface area contributed by atoms with Crippen molar-refractivity contribution in [1.82, 2.24) is 5.48 Å². The molecule has 0 bridgehead atoms. The van der Waals surface area contributed by atoms with Gasteiger partial charge in [-0.2, -0.15) is 5.48 Å². The van der Waals surface area contributed by atoms with Crippen molar-refractivity contribution >= 4 is 18.1 Å².